The molecule has 0 aliphatic heterocycles. The van der Waals surface area contributed by atoms with Crippen molar-refractivity contribution in [3.8, 4) is 0 Å². The molecule has 0 bridgehead atoms. The van der Waals surface area contributed by atoms with E-state index in [0.29, 0.717) is 19.3 Å². The van der Waals surface area contributed by atoms with Crippen molar-refractivity contribution in [3.05, 3.63) is 109 Å². The Balaban J connectivity index is 4.15. The van der Waals surface area contributed by atoms with E-state index in [0.717, 1.165) is 122 Å². The molecule has 6 nitrogen and oxygen atoms in total. The number of hydrogen-bond donors (Lipinski definition) is 0. The SMILES string of the molecule is CC/C=C\C/C=C\C/C=C\C/C=C\C/C=C\C/C=C\C/C=C\C/C=C\C/C=C\CCCCCC(=O)OCC(COC(=O)CCCCCCCC)OC(=O)CCCCCCCCCCCCCCCCCCCCCCCCCC. The number of unbranched alkanes of at least 4 members (excludes halogenated alkanes) is 31. The molecule has 0 saturated carbocycles. The predicted octanol–water partition coefficient (Wildman–Crippen LogP) is 23.0. The Morgan fingerprint density at radius 1 is 0.266 bits per heavy atom. The minimum Gasteiger partial charge on any atom is -0.462 e. The second-order valence-electron chi connectivity index (χ2n) is 22.0. The lowest BCUT2D eigenvalue weighted by Crippen LogP contribution is -2.30. The molecule has 79 heavy (non-hydrogen) atoms. The van der Waals surface area contributed by atoms with Gasteiger partial charge in [0.2, 0.25) is 0 Å². The van der Waals surface area contributed by atoms with Crippen LogP contribution in [0.4, 0.5) is 0 Å². The van der Waals surface area contributed by atoms with Crippen molar-refractivity contribution in [1.29, 1.82) is 0 Å². The molecule has 0 aliphatic rings. The fourth-order valence-corrected chi connectivity index (χ4v) is 9.32. The second-order valence-corrected chi connectivity index (χ2v) is 22.0. The highest BCUT2D eigenvalue weighted by Crippen LogP contribution is 2.17. The number of carbonyl (C=O) groups excluding carboxylic acids is 3. The molecule has 0 aliphatic carbocycles. The Morgan fingerprint density at radius 2 is 0.494 bits per heavy atom. The summed E-state index contributed by atoms with van der Waals surface area (Å²) < 4.78 is 16.8. The van der Waals surface area contributed by atoms with Gasteiger partial charge in [-0.2, -0.15) is 0 Å². The molecule has 1 unspecified atom stereocenters. The van der Waals surface area contributed by atoms with Crippen LogP contribution in [0.15, 0.2) is 109 Å². The molecule has 0 aromatic carbocycles. The van der Waals surface area contributed by atoms with E-state index in [1.54, 1.807) is 0 Å². The van der Waals surface area contributed by atoms with E-state index >= 15 is 0 Å². The van der Waals surface area contributed by atoms with E-state index in [-0.39, 0.29) is 31.1 Å². The zero-order valence-electron chi connectivity index (χ0n) is 51.9. The molecule has 6 heteroatoms. The third kappa shape index (κ3) is 64.8. The smallest absolute Gasteiger partial charge is 0.306 e. The number of hydrogen-bond acceptors (Lipinski definition) is 6. The normalized spacial score (nSPS) is 12.8. The number of rotatable bonds is 60. The Hall–Kier alpha value is -3.93. The van der Waals surface area contributed by atoms with Crippen molar-refractivity contribution >= 4 is 17.9 Å². The number of ether oxygens (including phenoxy) is 3. The maximum atomic E-state index is 12.9. The van der Waals surface area contributed by atoms with Crippen LogP contribution in [0.5, 0.6) is 0 Å². The highest BCUT2D eigenvalue weighted by atomic mass is 16.6. The Kier molecular flexibility index (Phi) is 63.3. The number of esters is 3. The van der Waals surface area contributed by atoms with Crippen LogP contribution in [0, 0.1) is 0 Å². The maximum Gasteiger partial charge on any atom is 0.306 e. The Labute approximate surface area is 489 Å². The Bertz CT molecular complexity index is 1590. The lowest BCUT2D eigenvalue weighted by Gasteiger charge is -2.18. The van der Waals surface area contributed by atoms with Gasteiger partial charge >= 0.3 is 17.9 Å². The zero-order valence-corrected chi connectivity index (χ0v) is 51.9. The summed E-state index contributed by atoms with van der Waals surface area (Å²) in [6, 6.07) is 0. The third-order valence-corrected chi connectivity index (χ3v) is 14.3. The molecule has 0 amide bonds. The average molecular weight is 1100 g/mol. The standard InChI is InChI=1S/C73H124O6/c1-4-7-10-13-16-18-20-22-24-26-28-30-32-34-35-36-37-38-39-40-42-43-45-47-49-51-53-55-57-60-63-66-72(75)78-69-70(68-77-71(74)65-62-59-15-12-9-6-3)79-73(76)67-64-61-58-56-54-52-50-48-46-44-41-33-31-29-27-25-23-21-19-17-14-11-8-5-2/h7,10,16,18,22,24,28,30,34-35,37-38,40,42,45,47,51,53,70H,4-6,8-9,11-15,17,19-21,23,25-27,29,31-33,36,39,41,43-44,46,48-50,52,54-69H2,1-3H3/b10-7-,18-16-,24-22-,30-28-,35-34-,38-37-,42-40-,47-45-,53-51-. The van der Waals surface area contributed by atoms with Gasteiger partial charge in [-0.15, -0.1) is 0 Å². The molecule has 0 fully saturated rings. The first-order chi connectivity index (χ1) is 39.0. The monoisotopic (exact) mass is 1100 g/mol. The van der Waals surface area contributed by atoms with Crippen molar-refractivity contribution in [2.75, 3.05) is 13.2 Å². The second kappa shape index (κ2) is 66.6. The minimum absolute atomic E-state index is 0.0869. The van der Waals surface area contributed by atoms with Crippen LogP contribution in [-0.4, -0.2) is 37.2 Å². The molecule has 0 N–H and O–H groups in total. The summed E-state index contributed by atoms with van der Waals surface area (Å²) in [4.78, 5) is 38.0. The van der Waals surface area contributed by atoms with Crippen LogP contribution in [-0.2, 0) is 28.6 Å². The van der Waals surface area contributed by atoms with Gasteiger partial charge in [-0.05, 0) is 89.9 Å². The fourth-order valence-electron chi connectivity index (χ4n) is 9.32. The van der Waals surface area contributed by atoms with Crippen LogP contribution >= 0.6 is 0 Å². The van der Waals surface area contributed by atoms with Gasteiger partial charge < -0.3 is 14.2 Å². The van der Waals surface area contributed by atoms with Gasteiger partial charge in [-0.3, -0.25) is 14.4 Å². The first-order valence-corrected chi connectivity index (χ1v) is 33.4. The summed E-state index contributed by atoms with van der Waals surface area (Å²) in [5.74, 6) is -0.921. The van der Waals surface area contributed by atoms with Crippen molar-refractivity contribution < 1.29 is 28.6 Å². The van der Waals surface area contributed by atoms with E-state index in [1.165, 1.54) is 154 Å². The summed E-state index contributed by atoms with van der Waals surface area (Å²) >= 11 is 0. The molecule has 0 aromatic rings. The number of allylic oxidation sites excluding steroid dienone is 18. The van der Waals surface area contributed by atoms with Crippen LogP contribution in [0.1, 0.15) is 316 Å². The van der Waals surface area contributed by atoms with Crippen molar-refractivity contribution in [2.24, 2.45) is 0 Å². The first-order valence-electron chi connectivity index (χ1n) is 33.4. The maximum absolute atomic E-state index is 12.9. The average Bonchev–Trinajstić information content (AvgIpc) is 3.45. The quantitative estimate of drug-likeness (QED) is 0.0261. The van der Waals surface area contributed by atoms with Crippen molar-refractivity contribution in [3.63, 3.8) is 0 Å². The molecule has 0 radical (unpaired) electrons. The van der Waals surface area contributed by atoms with Crippen LogP contribution in [0.3, 0.4) is 0 Å². The van der Waals surface area contributed by atoms with Crippen LogP contribution in [0.25, 0.3) is 0 Å². The fraction of sp³-hybridized carbons (Fsp3) is 0.712. The van der Waals surface area contributed by atoms with E-state index in [4.69, 9.17) is 14.2 Å². The van der Waals surface area contributed by atoms with E-state index in [1.807, 2.05) is 0 Å². The van der Waals surface area contributed by atoms with Gasteiger partial charge in [-0.1, -0.05) is 316 Å². The molecular formula is C73H124O6. The molecule has 0 aromatic heterocycles. The summed E-state index contributed by atoms with van der Waals surface area (Å²) in [6.07, 6.45) is 91.5. The molecule has 1 atom stereocenters. The summed E-state index contributed by atoms with van der Waals surface area (Å²) in [5.41, 5.74) is 0. The van der Waals surface area contributed by atoms with Crippen molar-refractivity contribution in [1.82, 2.24) is 0 Å². The molecular weight excluding hydrogens is 973 g/mol. The Morgan fingerprint density at radius 3 is 0.772 bits per heavy atom. The predicted molar refractivity (Wildman–Crippen MR) is 343 cm³/mol. The lowest BCUT2D eigenvalue weighted by molar-refractivity contribution is -0.167. The van der Waals surface area contributed by atoms with Crippen LogP contribution in [0.2, 0.25) is 0 Å². The first kappa shape index (κ1) is 75.1. The molecule has 452 valence electrons. The van der Waals surface area contributed by atoms with Gasteiger partial charge in [0.1, 0.15) is 13.2 Å². The van der Waals surface area contributed by atoms with Gasteiger partial charge in [0.05, 0.1) is 0 Å². The lowest BCUT2D eigenvalue weighted by atomic mass is 10.0. The molecule has 0 rings (SSSR count). The van der Waals surface area contributed by atoms with Gasteiger partial charge in [-0.25, -0.2) is 0 Å². The van der Waals surface area contributed by atoms with Gasteiger partial charge in [0.25, 0.3) is 0 Å². The molecule has 0 saturated heterocycles. The highest BCUT2D eigenvalue weighted by Gasteiger charge is 2.19. The number of carbonyl (C=O) groups is 3. The van der Waals surface area contributed by atoms with E-state index in [2.05, 4.69) is 130 Å². The summed E-state index contributed by atoms with van der Waals surface area (Å²) in [6.45, 7) is 6.47. The summed E-state index contributed by atoms with van der Waals surface area (Å²) in [7, 11) is 0. The van der Waals surface area contributed by atoms with E-state index < -0.39 is 6.10 Å². The van der Waals surface area contributed by atoms with Crippen molar-refractivity contribution in [2.45, 2.75) is 322 Å². The van der Waals surface area contributed by atoms with Gasteiger partial charge in [0.15, 0.2) is 6.10 Å². The summed E-state index contributed by atoms with van der Waals surface area (Å²) in [5, 5.41) is 0. The highest BCUT2D eigenvalue weighted by molar-refractivity contribution is 5.71. The van der Waals surface area contributed by atoms with E-state index in [9.17, 15) is 14.4 Å². The van der Waals surface area contributed by atoms with Crippen LogP contribution < -0.4 is 0 Å². The zero-order chi connectivity index (χ0) is 57.1. The molecule has 0 spiro atoms. The van der Waals surface area contributed by atoms with Gasteiger partial charge in [0, 0.05) is 19.3 Å². The minimum atomic E-state index is -0.789. The largest absolute Gasteiger partial charge is 0.462 e. The third-order valence-electron chi connectivity index (χ3n) is 14.3. The topological polar surface area (TPSA) is 78.9 Å². The molecule has 0 heterocycles.